The number of carboxylic acids is 1. The van der Waals surface area contributed by atoms with Gasteiger partial charge in [-0.15, -0.1) is 0 Å². The Morgan fingerprint density at radius 1 is 1.09 bits per heavy atom. The Kier molecular flexibility index (Phi) is 5.18. The largest absolute Gasteiger partial charge is 0.478 e. The second-order valence-corrected chi connectivity index (χ2v) is 6.61. The summed E-state index contributed by atoms with van der Waals surface area (Å²) in [6.45, 7) is 2.08. The molecule has 5 nitrogen and oxygen atoms in total. The number of hydrogen-bond acceptors (Lipinski definition) is 3. The lowest BCUT2D eigenvalue weighted by Crippen LogP contribution is -2.30. The molecule has 0 aromatic heterocycles. The molecule has 2 aromatic carbocycles. The molecule has 2 rings (SSSR count). The monoisotopic (exact) mass is 331 g/mol. The van der Waals surface area contributed by atoms with Crippen molar-refractivity contribution in [2.75, 3.05) is 10.8 Å². The molecule has 0 fully saturated rings. The first-order valence-electron chi connectivity index (χ1n) is 7.04. The number of sulfonamides is 1. The standard InChI is InChI=1S/C17H17NO4S/c1-2-18(15-6-4-3-5-7-15)23(21,22)16-11-8-14(9-12-16)10-13-17(19)20/h3-13H,2H2,1H3,(H,19,20). The minimum atomic E-state index is -3.66. The number of nitrogens with zero attached hydrogens (tertiary/aromatic N) is 1. The highest BCUT2D eigenvalue weighted by molar-refractivity contribution is 7.92. The Bertz CT molecular complexity index is 796. The van der Waals surface area contributed by atoms with Gasteiger partial charge in [-0.1, -0.05) is 30.3 Å². The maximum Gasteiger partial charge on any atom is 0.328 e. The van der Waals surface area contributed by atoms with Gasteiger partial charge in [-0.05, 0) is 42.8 Å². The van der Waals surface area contributed by atoms with Crippen molar-refractivity contribution in [3.8, 4) is 0 Å². The molecule has 23 heavy (non-hydrogen) atoms. The van der Waals surface area contributed by atoms with Gasteiger partial charge in [0.05, 0.1) is 10.6 Å². The third kappa shape index (κ3) is 3.98. The first-order chi connectivity index (χ1) is 10.9. The molecule has 0 radical (unpaired) electrons. The van der Waals surface area contributed by atoms with Crippen LogP contribution < -0.4 is 4.31 Å². The zero-order valence-electron chi connectivity index (χ0n) is 12.6. The van der Waals surface area contributed by atoms with E-state index in [1.807, 2.05) is 6.07 Å². The van der Waals surface area contributed by atoms with Gasteiger partial charge in [0, 0.05) is 12.6 Å². The number of para-hydroxylation sites is 1. The minimum absolute atomic E-state index is 0.163. The molecule has 0 spiro atoms. The molecule has 0 saturated carbocycles. The predicted molar refractivity (Wildman–Crippen MR) is 89.8 cm³/mol. The van der Waals surface area contributed by atoms with Gasteiger partial charge >= 0.3 is 5.97 Å². The summed E-state index contributed by atoms with van der Waals surface area (Å²) in [7, 11) is -3.66. The van der Waals surface area contributed by atoms with Crippen molar-refractivity contribution in [2.24, 2.45) is 0 Å². The molecule has 6 heteroatoms. The molecule has 1 N–H and O–H groups in total. The van der Waals surface area contributed by atoms with Crippen LogP contribution in [0.25, 0.3) is 6.08 Å². The average molecular weight is 331 g/mol. The second kappa shape index (κ2) is 7.11. The summed E-state index contributed by atoms with van der Waals surface area (Å²) in [5, 5.41) is 8.60. The Balaban J connectivity index is 2.33. The number of benzene rings is 2. The van der Waals surface area contributed by atoms with Crippen LogP contribution in [0, 0.1) is 0 Å². The molecule has 0 aliphatic heterocycles. The van der Waals surface area contributed by atoms with E-state index < -0.39 is 16.0 Å². The predicted octanol–water partition coefficient (Wildman–Crippen LogP) is 3.00. The lowest BCUT2D eigenvalue weighted by molar-refractivity contribution is -0.131. The van der Waals surface area contributed by atoms with Crippen molar-refractivity contribution in [2.45, 2.75) is 11.8 Å². The van der Waals surface area contributed by atoms with E-state index in [0.717, 1.165) is 6.08 Å². The number of aliphatic carboxylic acids is 1. The van der Waals surface area contributed by atoms with Crippen LogP contribution in [-0.4, -0.2) is 26.0 Å². The maximum atomic E-state index is 12.8. The maximum absolute atomic E-state index is 12.8. The van der Waals surface area contributed by atoms with E-state index in [-0.39, 0.29) is 4.90 Å². The fourth-order valence-electron chi connectivity index (χ4n) is 2.13. The highest BCUT2D eigenvalue weighted by Crippen LogP contribution is 2.23. The normalized spacial score (nSPS) is 11.5. The zero-order chi connectivity index (χ0) is 16.9. The average Bonchev–Trinajstić information content (AvgIpc) is 2.55. The number of rotatable bonds is 6. The quantitative estimate of drug-likeness (QED) is 0.826. The molecule has 2 aromatic rings. The van der Waals surface area contributed by atoms with Crippen LogP contribution in [0.1, 0.15) is 12.5 Å². The number of hydrogen-bond donors (Lipinski definition) is 1. The summed E-state index contributed by atoms with van der Waals surface area (Å²) in [6.07, 6.45) is 2.42. The second-order valence-electron chi connectivity index (χ2n) is 4.75. The van der Waals surface area contributed by atoms with Gasteiger partial charge < -0.3 is 5.11 Å². The molecule has 0 aliphatic rings. The van der Waals surface area contributed by atoms with Crippen LogP contribution in [0.2, 0.25) is 0 Å². The van der Waals surface area contributed by atoms with Gasteiger partial charge in [-0.25, -0.2) is 13.2 Å². The fraction of sp³-hybridized carbons (Fsp3) is 0.118. The third-order valence-corrected chi connectivity index (χ3v) is 5.14. The Hall–Kier alpha value is -2.60. The Labute approximate surface area is 135 Å². The molecule has 120 valence electrons. The molecule has 0 atom stereocenters. The van der Waals surface area contributed by atoms with Crippen LogP contribution in [0.4, 0.5) is 5.69 Å². The number of carbonyl (C=O) groups is 1. The van der Waals surface area contributed by atoms with E-state index in [4.69, 9.17) is 5.11 Å². The van der Waals surface area contributed by atoms with Crippen molar-refractivity contribution in [1.82, 2.24) is 0 Å². The van der Waals surface area contributed by atoms with Crippen LogP contribution in [0.5, 0.6) is 0 Å². The van der Waals surface area contributed by atoms with E-state index in [9.17, 15) is 13.2 Å². The molecular formula is C17H17NO4S. The van der Waals surface area contributed by atoms with Gasteiger partial charge in [0.1, 0.15) is 0 Å². The summed E-state index contributed by atoms with van der Waals surface area (Å²) >= 11 is 0. The van der Waals surface area contributed by atoms with Crippen LogP contribution in [0.3, 0.4) is 0 Å². The van der Waals surface area contributed by atoms with Crippen molar-refractivity contribution in [3.05, 3.63) is 66.2 Å². The Morgan fingerprint density at radius 2 is 1.70 bits per heavy atom. The van der Waals surface area contributed by atoms with Gasteiger partial charge in [0.2, 0.25) is 0 Å². The molecule has 0 unspecified atom stereocenters. The van der Waals surface area contributed by atoms with Crippen molar-refractivity contribution < 1.29 is 18.3 Å². The minimum Gasteiger partial charge on any atom is -0.478 e. The molecular weight excluding hydrogens is 314 g/mol. The van der Waals surface area contributed by atoms with Gasteiger partial charge in [-0.3, -0.25) is 4.31 Å². The van der Waals surface area contributed by atoms with Crippen LogP contribution in [-0.2, 0) is 14.8 Å². The van der Waals surface area contributed by atoms with Gasteiger partial charge in [0.25, 0.3) is 10.0 Å². The SMILES string of the molecule is CCN(c1ccccc1)S(=O)(=O)c1ccc(C=CC(=O)O)cc1. The van der Waals surface area contributed by atoms with Crippen molar-refractivity contribution >= 4 is 27.8 Å². The van der Waals surface area contributed by atoms with Crippen LogP contribution >= 0.6 is 0 Å². The summed E-state index contributed by atoms with van der Waals surface area (Å²) in [5.74, 6) is -1.05. The van der Waals surface area contributed by atoms with E-state index >= 15 is 0 Å². The summed E-state index contributed by atoms with van der Waals surface area (Å²) < 4.78 is 26.8. The summed E-state index contributed by atoms with van der Waals surface area (Å²) in [4.78, 5) is 10.7. The first-order valence-corrected chi connectivity index (χ1v) is 8.48. The smallest absolute Gasteiger partial charge is 0.328 e. The molecule has 0 heterocycles. The van der Waals surface area contributed by atoms with Gasteiger partial charge in [-0.2, -0.15) is 0 Å². The number of carboxylic acid groups (broad SMARTS) is 1. The molecule has 0 saturated heterocycles. The summed E-state index contributed by atoms with van der Waals surface area (Å²) in [6, 6.07) is 15.0. The highest BCUT2D eigenvalue weighted by atomic mass is 32.2. The zero-order valence-corrected chi connectivity index (χ0v) is 13.4. The van der Waals surface area contributed by atoms with Crippen LogP contribution in [0.15, 0.2) is 65.6 Å². The lowest BCUT2D eigenvalue weighted by atomic mass is 10.2. The first kappa shape index (κ1) is 16.8. The van der Waals surface area contributed by atoms with E-state index in [1.165, 1.54) is 22.5 Å². The lowest BCUT2D eigenvalue weighted by Gasteiger charge is -2.22. The molecule has 0 aliphatic carbocycles. The molecule has 0 bridgehead atoms. The highest BCUT2D eigenvalue weighted by Gasteiger charge is 2.23. The topological polar surface area (TPSA) is 74.7 Å². The van der Waals surface area contributed by atoms with Gasteiger partial charge in [0.15, 0.2) is 0 Å². The van der Waals surface area contributed by atoms with Crippen molar-refractivity contribution in [3.63, 3.8) is 0 Å². The van der Waals surface area contributed by atoms with Crippen molar-refractivity contribution in [1.29, 1.82) is 0 Å². The molecule has 0 amide bonds. The van der Waals surface area contributed by atoms with E-state index in [0.29, 0.717) is 17.8 Å². The fourth-order valence-corrected chi connectivity index (χ4v) is 3.60. The number of anilines is 1. The third-order valence-electron chi connectivity index (χ3n) is 3.22. The van der Waals surface area contributed by atoms with E-state index in [2.05, 4.69) is 0 Å². The summed E-state index contributed by atoms with van der Waals surface area (Å²) in [5.41, 5.74) is 1.22. The Morgan fingerprint density at radius 3 is 2.22 bits per heavy atom. The van der Waals surface area contributed by atoms with E-state index in [1.54, 1.807) is 43.3 Å².